The van der Waals surface area contributed by atoms with Crippen molar-refractivity contribution in [1.29, 1.82) is 5.26 Å². The van der Waals surface area contributed by atoms with E-state index in [0.29, 0.717) is 6.42 Å². The minimum atomic E-state index is 0.641. The van der Waals surface area contributed by atoms with Crippen LogP contribution in [0.1, 0.15) is 30.0 Å². The molecule has 0 saturated carbocycles. The van der Waals surface area contributed by atoms with Crippen LogP contribution in [0, 0.1) is 11.3 Å². The van der Waals surface area contributed by atoms with Gasteiger partial charge in [0.1, 0.15) is 0 Å². The number of rotatable bonds is 3. The zero-order valence-corrected chi connectivity index (χ0v) is 9.87. The molecule has 0 saturated heterocycles. The summed E-state index contributed by atoms with van der Waals surface area (Å²) in [5, 5.41) is 8.58. The lowest BCUT2D eigenvalue weighted by atomic mass is 9.96. The molecule has 0 aliphatic carbocycles. The van der Waals surface area contributed by atoms with Crippen LogP contribution in [0.2, 0.25) is 0 Å². The molecule has 0 unspecified atom stereocenters. The molecule has 0 bridgehead atoms. The Labute approximate surface area is 97.5 Å². The molecule has 2 heteroatoms. The highest BCUT2D eigenvalue weighted by atomic mass is 15.1. The third-order valence-corrected chi connectivity index (χ3v) is 3.31. The number of benzene rings is 1. The number of nitrogens with zero attached hydrogens (tertiary/aromatic N) is 2. The first-order valence-electron chi connectivity index (χ1n) is 6.03. The quantitative estimate of drug-likeness (QED) is 0.773. The van der Waals surface area contributed by atoms with Crippen LogP contribution in [-0.4, -0.2) is 18.0 Å². The molecule has 1 aliphatic rings. The van der Waals surface area contributed by atoms with Crippen LogP contribution in [0.3, 0.4) is 0 Å². The van der Waals surface area contributed by atoms with Gasteiger partial charge in [0.25, 0.3) is 0 Å². The zero-order valence-electron chi connectivity index (χ0n) is 9.87. The summed E-state index contributed by atoms with van der Waals surface area (Å²) < 4.78 is 0. The molecule has 0 spiro atoms. The lowest BCUT2D eigenvalue weighted by molar-refractivity contribution is 0.260. The Morgan fingerprint density at radius 3 is 3.00 bits per heavy atom. The van der Waals surface area contributed by atoms with Crippen molar-refractivity contribution >= 4 is 0 Å². The molecule has 0 aromatic heterocycles. The van der Waals surface area contributed by atoms with Gasteiger partial charge < -0.3 is 0 Å². The first kappa shape index (κ1) is 11.2. The Kier molecular flexibility index (Phi) is 3.58. The standard InChI is InChI=1S/C14H18N2/c1-2-12-4-5-14-11-16(8-3-7-15)9-6-13(14)10-12/h4-5,10H,2-3,6,8-9,11H2,1H3. The second-order valence-corrected chi connectivity index (χ2v) is 4.39. The number of hydrogen-bond donors (Lipinski definition) is 0. The first-order valence-corrected chi connectivity index (χ1v) is 6.03. The van der Waals surface area contributed by atoms with Crippen molar-refractivity contribution < 1.29 is 0 Å². The van der Waals surface area contributed by atoms with E-state index in [0.717, 1.165) is 32.5 Å². The number of fused-ring (bicyclic) bond motifs is 1. The predicted molar refractivity (Wildman–Crippen MR) is 65.0 cm³/mol. The number of nitriles is 1. The molecular formula is C14H18N2. The lowest BCUT2D eigenvalue weighted by Crippen LogP contribution is -2.31. The molecule has 0 amide bonds. The predicted octanol–water partition coefficient (Wildman–Crippen LogP) is 2.52. The van der Waals surface area contributed by atoms with Gasteiger partial charge in [0.2, 0.25) is 0 Å². The van der Waals surface area contributed by atoms with Gasteiger partial charge in [0.15, 0.2) is 0 Å². The van der Waals surface area contributed by atoms with E-state index in [1.165, 1.54) is 16.7 Å². The van der Waals surface area contributed by atoms with E-state index in [4.69, 9.17) is 5.26 Å². The SMILES string of the molecule is CCc1ccc2c(c1)CCN(CCC#N)C2. The van der Waals surface area contributed by atoms with E-state index in [1.54, 1.807) is 0 Å². The Morgan fingerprint density at radius 1 is 1.38 bits per heavy atom. The van der Waals surface area contributed by atoms with Crippen molar-refractivity contribution in [2.24, 2.45) is 0 Å². The summed E-state index contributed by atoms with van der Waals surface area (Å²) in [6, 6.07) is 9.05. The summed E-state index contributed by atoms with van der Waals surface area (Å²) >= 11 is 0. The van der Waals surface area contributed by atoms with E-state index in [2.05, 4.69) is 36.1 Å². The highest BCUT2D eigenvalue weighted by molar-refractivity contribution is 5.33. The Hall–Kier alpha value is -1.33. The van der Waals surface area contributed by atoms with Gasteiger partial charge in [-0.15, -0.1) is 0 Å². The second kappa shape index (κ2) is 5.14. The van der Waals surface area contributed by atoms with Crippen molar-refractivity contribution in [3.05, 3.63) is 34.9 Å². The molecule has 0 N–H and O–H groups in total. The molecule has 1 aromatic rings. The third-order valence-electron chi connectivity index (χ3n) is 3.31. The Morgan fingerprint density at radius 2 is 2.25 bits per heavy atom. The summed E-state index contributed by atoms with van der Waals surface area (Å²) in [5.74, 6) is 0. The van der Waals surface area contributed by atoms with Gasteiger partial charge in [0.05, 0.1) is 6.07 Å². The summed E-state index contributed by atoms with van der Waals surface area (Å²) in [5.41, 5.74) is 4.39. The van der Waals surface area contributed by atoms with Crippen LogP contribution < -0.4 is 0 Å². The lowest BCUT2D eigenvalue weighted by Gasteiger charge is -2.28. The summed E-state index contributed by atoms with van der Waals surface area (Å²) in [6.45, 7) is 5.22. The van der Waals surface area contributed by atoms with Crippen LogP contribution in [0.15, 0.2) is 18.2 Å². The molecule has 0 radical (unpaired) electrons. The van der Waals surface area contributed by atoms with Crippen molar-refractivity contribution in [3.63, 3.8) is 0 Å². The minimum absolute atomic E-state index is 0.641. The largest absolute Gasteiger partial charge is 0.298 e. The second-order valence-electron chi connectivity index (χ2n) is 4.39. The van der Waals surface area contributed by atoms with Gasteiger partial charge in [0, 0.05) is 26.1 Å². The summed E-state index contributed by atoms with van der Waals surface area (Å²) in [7, 11) is 0. The highest BCUT2D eigenvalue weighted by Crippen LogP contribution is 2.20. The van der Waals surface area contributed by atoms with Gasteiger partial charge in [-0.25, -0.2) is 0 Å². The van der Waals surface area contributed by atoms with Crippen LogP contribution in [0.25, 0.3) is 0 Å². The molecule has 2 nitrogen and oxygen atoms in total. The average molecular weight is 214 g/mol. The van der Waals surface area contributed by atoms with Crippen molar-refractivity contribution in [2.45, 2.75) is 32.7 Å². The van der Waals surface area contributed by atoms with Crippen LogP contribution in [-0.2, 0) is 19.4 Å². The molecule has 2 rings (SSSR count). The normalized spacial score (nSPS) is 15.5. The van der Waals surface area contributed by atoms with Crippen molar-refractivity contribution in [1.82, 2.24) is 4.90 Å². The molecule has 1 aromatic carbocycles. The fourth-order valence-electron chi connectivity index (χ4n) is 2.28. The summed E-state index contributed by atoms with van der Waals surface area (Å²) in [6.07, 6.45) is 2.89. The number of hydrogen-bond acceptors (Lipinski definition) is 2. The molecule has 0 fully saturated rings. The highest BCUT2D eigenvalue weighted by Gasteiger charge is 2.15. The van der Waals surface area contributed by atoms with Gasteiger partial charge in [-0.2, -0.15) is 5.26 Å². The van der Waals surface area contributed by atoms with Crippen molar-refractivity contribution in [2.75, 3.05) is 13.1 Å². The molecular weight excluding hydrogens is 196 g/mol. The van der Waals surface area contributed by atoms with Gasteiger partial charge >= 0.3 is 0 Å². The summed E-state index contributed by atoms with van der Waals surface area (Å²) in [4.78, 5) is 2.37. The maximum absolute atomic E-state index is 8.58. The van der Waals surface area contributed by atoms with Crippen LogP contribution in [0.5, 0.6) is 0 Å². The molecule has 0 atom stereocenters. The third kappa shape index (κ3) is 2.43. The van der Waals surface area contributed by atoms with Gasteiger partial charge in [-0.1, -0.05) is 25.1 Å². The molecule has 1 aliphatic heterocycles. The maximum Gasteiger partial charge on any atom is 0.0635 e. The first-order chi connectivity index (χ1) is 7.83. The van der Waals surface area contributed by atoms with Crippen molar-refractivity contribution in [3.8, 4) is 6.07 Å². The zero-order chi connectivity index (χ0) is 11.4. The maximum atomic E-state index is 8.58. The molecule has 16 heavy (non-hydrogen) atoms. The van der Waals surface area contributed by atoms with E-state index in [9.17, 15) is 0 Å². The Balaban J connectivity index is 2.07. The molecule has 84 valence electrons. The van der Waals surface area contributed by atoms with Crippen LogP contribution in [0.4, 0.5) is 0 Å². The van der Waals surface area contributed by atoms with E-state index in [-0.39, 0.29) is 0 Å². The van der Waals surface area contributed by atoms with Crippen LogP contribution >= 0.6 is 0 Å². The number of aryl methyl sites for hydroxylation is 1. The van der Waals surface area contributed by atoms with E-state index >= 15 is 0 Å². The average Bonchev–Trinajstić information content (AvgIpc) is 2.35. The molecule has 1 heterocycles. The fraction of sp³-hybridized carbons (Fsp3) is 0.500. The fourth-order valence-corrected chi connectivity index (χ4v) is 2.28. The Bertz CT molecular complexity index is 404. The minimum Gasteiger partial charge on any atom is -0.298 e. The van der Waals surface area contributed by atoms with Gasteiger partial charge in [-0.3, -0.25) is 4.90 Å². The smallest absolute Gasteiger partial charge is 0.0635 e. The van der Waals surface area contributed by atoms with E-state index in [1.807, 2.05) is 0 Å². The topological polar surface area (TPSA) is 27.0 Å². The van der Waals surface area contributed by atoms with E-state index < -0.39 is 0 Å². The van der Waals surface area contributed by atoms with Gasteiger partial charge in [-0.05, 0) is 29.5 Å². The monoisotopic (exact) mass is 214 g/mol.